The molecule has 2 aromatic heterocycles. The summed E-state index contributed by atoms with van der Waals surface area (Å²) in [6, 6.07) is 14.0. The topological polar surface area (TPSA) is 46.9 Å². The molecule has 0 bridgehead atoms. The van der Waals surface area contributed by atoms with Crippen molar-refractivity contribution in [3.8, 4) is 0 Å². The number of benzene rings is 1. The van der Waals surface area contributed by atoms with Gasteiger partial charge in [0, 0.05) is 31.9 Å². The number of thiophene rings is 1. The van der Waals surface area contributed by atoms with Gasteiger partial charge in [0.25, 0.3) is 5.91 Å². The molecule has 1 aromatic carbocycles. The minimum absolute atomic E-state index is 0.0174. The van der Waals surface area contributed by atoms with Crippen molar-refractivity contribution >= 4 is 17.2 Å². The van der Waals surface area contributed by atoms with Crippen molar-refractivity contribution < 1.29 is 4.79 Å². The fraction of sp³-hybridized carbons (Fsp3) is 0.176. The van der Waals surface area contributed by atoms with E-state index < -0.39 is 0 Å². The predicted octanol–water partition coefficient (Wildman–Crippen LogP) is 2.97. The summed E-state index contributed by atoms with van der Waals surface area (Å²) in [5, 5.41) is 4.84. The standard InChI is InChI=1S/C17H17N3OS/c21-17(15-7-4-12-22-15)19-9-8-16-18-10-11-20(16)13-14-5-2-1-3-6-14/h1-7,10-12H,8-9,13H2,(H,19,21). The van der Waals surface area contributed by atoms with E-state index >= 15 is 0 Å². The second-order valence-corrected chi connectivity index (χ2v) is 5.89. The number of hydrogen-bond donors (Lipinski definition) is 1. The highest BCUT2D eigenvalue weighted by atomic mass is 32.1. The van der Waals surface area contributed by atoms with Crippen LogP contribution in [0.1, 0.15) is 21.1 Å². The zero-order chi connectivity index (χ0) is 15.2. The highest BCUT2D eigenvalue weighted by Crippen LogP contribution is 2.08. The van der Waals surface area contributed by atoms with Crippen LogP contribution in [-0.2, 0) is 13.0 Å². The van der Waals surface area contributed by atoms with Crippen molar-refractivity contribution in [2.45, 2.75) is 13.0 Å². The van der Waals surface area contributed by atoms with E-state index in [9.17, 15) is 4.79 Å². The van der Waals surface area contributed by atoms with E-state index in [-0.39, 0.29) is 5.91 Å². The quantitative estimate of drug-likeness (QED) is 0.761. The number of imidazole rings is 1. The molecular weight excluding hydrogens is 294 g/mol. The molecule has 3 aromatic rings. The van der Waals surface area contributed by atoms with Gasteiger partial charge in [-0.15, -0.1) is 11.3 Å². The van der Waals surface area contributed by atoms with E-state index in [4.69, 9.17) is 0 Å². The Bertz CT molecular complexity index is 719. The molecule has 1 N–H and O–H groups in total. The maximum atomic E-state index is 11.9. The van der Waals surface area contributed by atoms with Crippen LogP contribution in [0.15, 0.2) is 60.2 Å². The third-order valence-corrected chi connectivity index (χ3v) is 4.25. The molecule has 5 heteroatoms. The van der Waals surface area contributed by atoms with E-state index in [1.165, 1.54) is 16.9 Å². The van der Waals surface area contributed by atoms with Crippen LogP contribution in [-0.4, -0.2) is 22.0 Å². The number of rotatable bonds is 6. The van der Waals surface area contributed by atoms with Crippen LogP contribution in [0.25, 0.3) is 0 Å². The van der Waals surface area contributed by atoms with Gasteiger partial charge in [0.2, 0.25) is 0 Å². The lowest BCUT2D eigenvalue weighted by molar-refractivity contribution is 0.0958. The van der Waals surface area contributed by atoms with Crippen LogP contribution in [0.3, 0.4) is 0 Å². The summed E-state index contributed by atoms with van der Waals surface area (Å²) in [5.74, 6) is 0.964. The zero-order valence-corrected chi connectivity index (χ0v) is 12.9. The Morgan fingerprint density at radius 2 is 2.05 bits per heavy atom. The molecule has 1 amide bonds. The van der Waals surface area contributed by atoms with Crippen LogP contribution < -0.4 is 5.32 Å². The first-order valence-electron chi connectivity index (χ1n) is 7.18. The first kappa shape index (κ1) is 14.5. The molecule has 2 heterocycles. The molecule has 3 rings (SSSR count). The van der Waals surface area contributed by atoms with Crippen molar-refractivity contribution in [2.75, 3.05) is 6.54 Å². The Balaban J connectivity index is 1.55. The molecule has 112 valence electrons. The lowest BCUT2D eigenvalue weighted by Crippen LogP contribution is -2.25. The van der Waals surface area contributed by atoms with Crippen LogP contribution in [0.2, 0.25) is 0 Å². The number of carbonyl (C=O) groups is 1. The second kappa shape index (κ2) is 7.04. The number of nitrogens with zero attached hydrogens (tertiary/aromatic N) is 2. The van der Waals surface area contributed by atoms with Gasteiger partial charge in [-0.25, -0.2) is 4.98 Å². The van der Waals surface area contributed by atoms with Gasteiger partial charge in [-0.05, 0) is 17.0 Å². The molecule has 0 aliphatic rings. The van der Waals surface area contributed by atoms with E-state index in [0.717, 1.165) is 23.7 Å². The van der Waals surface area contributed by atoms with Crippen molar-refractivity contribution in [3.63, 3.8) is 0 Å². The molecule has 0 spiro atoms. The molecule has 0 saturated heterocycles. The average Bonchev–Trinajstić information content (AvgIpc) is 3.20. The summed E-state index contributed by atoms with van der Waals surface area (Å²) in [6.07, 6.45) is 4.50. The molecule has 0 fully saturated rings. The van der Waals surface area contributed by atoms with E-state index in [0.29, 0.717) is 6.54 Å². The summed E-state index contributed by atoms with van der Waals surface area (Å²) in [5.41, 5.74) is 1.24. The first-order valence-corrected chi connectivity index (χ1v) is 8.06. The predicted molar refractivity (Wildman–Crippen MR) is 88.1 cm³/mol. The minimum Gasteiger partial charge on any atom is -0.351 e. The zero-order valence-electron chi connectivity index (χ0n) is 12.1. The Labute approximate surface area is 133 Å². The van der Waals surface area contributed by atoms with E-state index in [1.807, 2.05) is 41.9 Å². The molecule has 0 atom stereocenters. The Hall–Kier alpha value is -2.40. The Kier molecular flexibility index (Phi) is 4.65. The molecular formula is C17H17N3OS. The third-order valence-electron chi connectivity index (χ3n) is 3.38. The fourth-order valence-corrected chi connectivity index (χ4v) is 2.92. The number of aromatic nitrogens is 2. The molecule has 0 saturated carbocycles. The van der Waals surface area contributed by atoms with Gasteiger partial charge in [0.1, 0.15) is 5.82 Å². The van der Waals surface area contributed by atoms with Gasteiger partial charge in [-0.3, -0.25) is 4.79 Å². The molecule has 0 aliphatic carbocycles. The second-order valence-electron chi connectivity index (χ2n) is 4.94. The van der Waals surface area contributed by atoms with Gasteiger partial charge in [0.15, 0.2) is 0 Å². The number of amides is 1. The maximum absolute atomic E-state index is 11.9. The number of carbonyl (C=O) groups excluding carboxylic acids is 1. The summed E-state index contributed by atoms with van der Waals surface area (Å²) < 4.78 is 2.12. The summed E-state index contributed by atoms with van der Waals surface area (Å²) >= 11 is 1.45. The van der Waals surface area contributed by atoms with Crippen LogP contribution in [0, 0.1) is 0 Å². The van der Waals surface area contributed by atoms with Crippen molar-refractivity contribution in [3.05, 3.63) is 76.5 Å². The monoisotopic (exact) mass is 311 g/mol. The van der Waals surface area contributed by atoms with Crippen LogP contribution >= 0.6 is 11.3 Å². The molecule has 0 aliphatic heterocycles. The summed E-state index contributed by atoms with van der Waals surface area (Å²) in [6.45, 7) is 1.39. The lowest BCUT2D eigenvalue weighted by Gasteiger charge is -2.08. The maximum Gasteiger partial charge on any atom is 0.261 e. The van der Waals surface area contributed by atoms with E-state index in [1.54, 1.807) is 6.20 Å². The molecule has 22 heavy (non-hydrogen) atoms. The van der Waals surface area contributed by atoms with Gasteiger partial charge < -0.3 is 9.88 Å². The smallest absolute Gasteiger partial charge is 0.261 e. The first-order chi connectivity index (χ1) is 10.8. The molecule has 0 unspecified atom stereocenters. The number of nitrogens with one attached hydrogen (secondary N) is 1. The van der Waals surface area contributed by atoms with Crippen molar-refractivity contribution in [2.24, 2.45) is 0 Å². The normalized spacial score (nSPS) is 10.5. The Morgan fingerprint density at radius 3 is 2.82 bits per heavy atom. The lowest BCUT2D eigenvalue weighted by atomic mass is 10.2. The van der Waals surface area contributed by atoms with Gasteiger partial charge in [0.05, 0.1) is 4.88 Å². The minimum atomic E-state index is -0.0174. The van der Waals surface area contributed by atoms with Gasteiger partial charge in [-0.2, -0.15) is 0 Å². The SMILES string of the molecule is O=C(NCCc1nccn1Cc1ccccc1)c1cccs1. The molecule has 0 radical (unpaired) electrons. The highest BCUT2D eigenvalue weighted by Gasteiger charge is 2.07. The van der Waals surface area contributed by atoms with Crippen molar-refractivity contribution in [1.29, 1.82) is 0 Å². The highest BCUT2D eigenvalue weighted by molar-refractivity contribution is 7.12. The van der Waals surface area contributed by atoms with Gasteiger partial charge in [-0.1, -0.05) is 36.4 Å². The van der Waals surface area contributed by atoms with Crippen molar-refractivity contribution in [1.82, 2.24) is 14.9 Å². The average molecular weight is 311 g/mol. The van der Waals surface area contributed by atoms with Crippen LogP contribution in [0.4, 0.5) is 0 Å². The molecule has 4 nitrogen and oxygen atoms in total. The summed E-state index contributed by atoms with van der Waals surface area (Å²) in [4.78, 5) is 17.0. The summed E-state index contributed by atoms with van der Waals surface area (Å²) in [7, 11) is 0. The fourth-order valence-electron chi connectivity index (χ4n) is 2.27. The van der Waals surface area contributed by atoms with Gasteiger partial charge >= 0.3 is 0 Å². The largest absolute Gasteiger partial charge is 0.351 e. The number of hydrogen-bond acceptors (Lipinski definition) is 3. The van der Waals surface area contributed by atoms with E-state index in [2.05, 4.69) is 27.0 Å². The third kappa shape index (κ3) is 3.62. The Morgan fingerprint density at radius 1 is 1.18 bits per heavy atom. The van der Waals surface area contributed by atoms with Crippen LogP contribution in [0.5, 0.6) is 0 Å².